The summed E-state index contributed by atoms with van der Waals surface area (Å²) in [5.74, 6) is -0.401. The minimum atomic E-state index is -0.344. The molecule has 1 aromatic rings. The van der Waals surface area contributed by atoms with E-state index in [2.05, 4.69) is 19.1 Å². The van der Waals surface area contributed by atoms with E-state index >= 15 is 0 Å². The van der Waals surface area contributed by atoms with Crippen molar-refractivity contribution < 1.29 is 14.2 Å². The highest BCUT2D eigenvalue weighted by atomic mass is 16.2. The fourth-order valence-corrected chi connectivity index (χ4v) is 4.28. The molecule has 0 N–H and O–H groups in total. The van der Waals surface area contributed by atoms with Crippen molar-refractivity contribution in [2.75, 3.05) is 0 Å². The van der Waals surface area contributed by atoms with Gasteiger partial charge in [0.25, 0.3) is 0 Å². The van der Waals surface area contributed by atoms with Crippen molar-refractivity contribution >= 4 is 17.6 Å². The van der Waals surface area contributed by atoms with Crippen LogP contribution in [-0.4, -0.2) is 33.2 Å². The maximum atomic E-state index is 13.4. The summed E-state index contributed by atoms with van der Waals surface area (Å²) in [7, 11) is 0. The van der Waals surface area contributed by atoms with Crippen LogP contribution in [0, 0.1) is 12.8 Å². The van der Waals surface area contributed by atoms with Crippen molar-refractivity contribution in [3.8, 4) is 0 Å². The molecule has 0 radical (unpaired) electrons. The van der Waals surface area contributed by atoms with E-state index in [4.69, 9.17) is 0 Å². The molecule has 4 rings (SSSR count). The highest BCUT2D eigenvalue weighted by molar-refractivity contribution is 6.16. The molecule has 1 aliphatic heterocycles. The van der Waals surface area contributed by atoms with Gasteiger partial charge in [0.2, 0.25) is 0 Å². The van der Waals surface area contributed by atoms with Crippen LogP contribution in [0.15, 0.2) is 48.6 Å². The number of hydrogen-bond donors (Lipinski definition) is 0. The van der Waals surface area contributed by atoms with E-state index in [1.165, 1.54) is 6.42 Å². The largest absolute Gasteiger partial charge is 0.501 e. The molecule has 1 saturated carbocycles. The number of rotatable bonds is 3. The molecule has 2 aliphatic carbocycles. The van der Waals surface area contributed by atoms with Crippen molar-refractivity contribution in [2.45, 2.75) is 51.6 Å². The zero-order chi connectivity index (χ0) is 18.1. The number of amides is 3. The Morgan fingerprint density at radius 2 is 1.85 bits per heavy atom. The van der Waals surface area contributed by atoms with E-state index in [1.54, 1.807) is 4.90 Å². The smallest absolute Gasteiger partial charge is 0.245 e. The van der Waals surface area contributed by atoms with E-state index in [1.807, 2.05) is 41.0 Å². The van der Waals surface area contributed by atoms with Gasteiger partial charge in [0, 0.05) is 0 Å². The van der Waals surface area contributed by atoms with Crippen molar-refractivity contribution in [3.05, 3.63) is 59.7 Å². The Morgan fingerprint density at radius 1 is 1.08 bits per heavy atom. The van der Waals surface area contributed by atoms with Crippen LogP contribution in [0.1, 0.15) is 43.2 Å². The number of imide groups is 1. The summed E-state index contributed by atoms with van der Waals surface area (Å²) in [6.07, 6.45) is 12.9. The second-order valence-electron chi connectivity index (χ2n) is 7.44. The Labute approximate surface area is 154 Å². The number of allylic oxidation sites excluding steroid dienone is 3. The molecule has 3 amide bonds. The van der Waals surface area contributed by atoms with Gasteiger partial charge in [0.15, 0.2) is 0 Å². The van der Waals surface area contributed by atoms with Crippen LogP contribution in [0.25, 0.3) is 0 Å². The third kappa shape index (κ3) is 2.94. The Balaban J connectivity index is 1.75. The van der Waals surface area contributed by atoms with Gasteiger partial charge < -0.3 is 0 Å². The molecular weight excluding hydrogens is 324 g/mol. The van der Waals surface area contributed by atoms with Gasteiger partial charge in [0.05, 0.1) is 0 Å². The maximum absolute atomic E-state index is 13.4. The number of carbonyl (C=O) groups is 2. The first kappa shape index (κ1) is 17.0. The fraction of sp³-hybridized carbons (Fsp3) is 0.409. The predicted molar refractivity (Wildman–Crippen MR) is 101 cm³/mol. The van der Waals surface area contributed by atoms with Gasteiger partial charge in [-0.25, -0.2) is 4.79 Å². The number of aryl methyl sites for hydroxylation is 1. The highest BCUT2D eigenvalue weighted by Gasteiger charge is 2.50. The molecule has 4 heteroatoms. The predicted octanol–water partition coefficient (Wildman–Crippen LogP) is 3.99. The van der Waals surface area contributed by atoms with Crippen molar-refractivity contribution in [1.82, 2.24) is 4.90 Å². The minimum Gasteiger partial charge on any atom is -0.245 e. The van der Waals surface area contributed by atoms with Crippen LogP contribution >= 0.6 is 0 Å². The molecule has 1 fully saturated rings. The lowest BCUT2D eigenvalue weighted by Crippen LogP contribution is -2.57. The Kier molecular flexibility index (Phi) is 4.58. The van der Waals surface area contributed by atoms with Crippen LogP contribution in [-0.2, 0) is 11.3 Å². The summed E-state index contributed by atoms with van der Waals surface area (Å²) in [4.78, 5) is 28.0. The number of fused-ring (bicyclic) bond motifs is 1. The standard InChI is InChI=1S/C22H25N2O2/c1-16-9-5-6-10-17(16)15-23-20-14-8-7-13-19(20)21(25)24(22(23)26)18-11-3-2-4-12-18/h5-10,13-14,18-19H,2-4,11-12,15H2,1H3/q+1. The van der Waals surface area contributed by atoms with E-state index < -0.39 is 0 Å². The summed E-state index contributed by atoms with van der Waals surface area (Å²) in [5, 5.41) is 0. The summed E-state index contributed by atoms with van der Waals surface area (Å²) in [6, 6.07) is 8.02. The summed E-state index contributed by atoms with van der Waals surface area (Å²) in [6.45, 7) is 2.57. The number of hydrogen-bond acceptors (Lipinski definition) is 2. The lowest BCUT2D eigenvalue weighted by Gasteiger charge is -2.33. The van der Waals surface area contributed by atoms with E-state index in [9.17, 15) is 9.59 Å². The second kappa shape index (κ2) is 7.02. The van der Waals surface area contributed by atoms with Gasteiger partial charge in [-0.15, -0.1) is 0 Å². The van der Waals surface area contributed by atoms with Gasteiger partial charge in [-0.3, -0.25) is 0 Å². The summed E-state index contributed by atoms with van der Waals surface area (Å²) < 4.78 is 1.81. The van der Waals surface area contributed by atoms with Gasteiger partial charge in [0.1, 0.15) is 24.2 Å². The quantitative estimate of drug-likeness (QED) is 0.774. The van der Waals surface area contributed by atoms with Crippen LogP contribution < -0.4 is 0 Å². The third-order valence-electron chi connectivity index (χ3n) is 5.78. The average molecular weight is 349 g/mol. The van der Waals surface area contributed by atoms with Crippen molar-refractivity contribution in [1.29, 1.82) is 0 Å². The van der Waals surface area contributed by atoms with Crippen LogP contribution in [0.3, 0.4) is 0 Å². The number of carbonyl (C=O) groups excluding carboxylic acids is 2. The molecule has 0 saturated heterocycles. The lowest BCUT2D eigenvalue weighted by molar-refractivity contribution is -0.457. The van der Waals surface area contributed by atoms with Gasteiger partial charge in [-0.2, -0.15) is 14.3 Å². The van der Waals surface area contributed by atoms with E-state index in [-0.39, 0.29) is 23.9 Å². The van der Waals surface area contributed by atoms with Crippen molar-refractivity contribution in [2.24, 2.45) is 5.92 Å². The zero-order valence-corrected chi connectivity index (χ0v) is 15.2. The van der Waals surface area contributed by atoms with Crippen molar-refractivity contribution in [3.63, 3.8) is 0 Å². The normalized spacial score (nSPS) is 23.6. The molecule has 26 heavy (non-hydrogen) atoms. The molecule has 3 aliphatic rings. The number of nitrogens with zero attached hydrogens (tertiary/aromatic N) is 2. The Morgan fingerprint density at radius 3 is 2.62 bits per heavy atom. The number of benzene rings is 1. The molecule has 1 atom stereocenters. The lowest BCUT2D eigenvalue weighted by atomic mass is 9.89. The summed E-state index contributed by atoms with van der Waals surface area (Å²) >= 11 is 0. The molecule has 0 aromatic heterocycles. The molecule has 1 aromatic carbocycles. The molecule has 1 heterocycles. The number of urea groups is 1. The first-order valence-corrected chi connectivity index (χ1v) is 9.57. The maximum Gasteiger partial charge on any atom is 0.501 e. The second-order valence-corrected chi connectivity index (χ2v) is 7.44. The van der Waals surface area contributed by atoms with Gasteiger partial charge >= 0.3 is 11.9 Å². The first-order chi connectivity index (χ1) is 12.7. The molecule has 4 nitrogen and oxygen atoms in total. The van der Waals surface area contributed by atoms with Gasteiger partial charge in [-0.05, 0) is 49.8 Å². The highest BCUT2D eigenvalue weighted by Crippen LogP contribution is 2.29. The topological polar surface area (TPSA) is 40.4 Å². The summed E-state index contributed by atoms with van der Waals surface area (Å²) in [5.41, 5.74) is 3.08. The first-order valence-electron chi connectivity index (χ1n) is 9.57. The van der Waals surface area contributed by atoms with Crippen LogP contribution in [0.5, 0.6) is 0 Å². The molecule has 0 spiro atoms. The minimum absolute atomic E-state index is 0.0453. The van der Waals surface area contributed by atoms with E-state index in [0.29, 0.717) is 6.54 Å². The molecule has 134 valence electrons. The molecule has 0 bridgehead atoms. The monoisotopic (exact) mass is 349 g/mol. The van der Waals surface area contributed by atoms with E-state index in [0.717, 1.165) is 42.5 Å². The van der Waals surface area contributed by atoms with Crippen LogP contribution in [0.4, 0.5) is 4.79 Å². The molecule has 1 unspecified atom stereocenters. The SMILES string of the molecule is Cc1ccccc1C[N+]1=C2C=CC=CC2C(=O)N(C2CCCCC2)C1=O. The Bertz CT molecular complexity index is 828. The third-order valence-corrected chi connectivity index (χ3v) is 5.78. The van der Waals surface area contributed by atoms with Crippen LogP contribution in [0.2, 0.25) is 0 Å². The molecular formula is C22H25N2O2+. The van der Waals surface area contributed by atoms with Gasteiger partial charge in [-0.1, -0.05) is 48.9 Å². The zero-order valence-electron chi connectivity index (χ0n) is 15.2. The average Bonchev–Trinajstić information content (AvgIpc) is 2.67. The Hall–Kier alpha value is -2.49. The fourth-order valence-electron chi connectivity index (χ4n) is 4.28.